The van der Waals surface area contributed by atoms with E-state index in [1.54, 1.807) is 4.90 Å². The molecule has 0 radical (unpaired) electrons. The minimum atomic E-state index is -0.192. The molecule has 0 spiro atoms. The van der Waals surface area contributed by atoms with E-state index in [0.29, 0.717) is 39.5 Å². The Hall–Kier alpha value is -1.87. The molecular formula is C25H46N4O5. The zero-order valence-corrected chi connectivity index (χ0v) is 22.2. The zero-order chi connectivity index (χ0) is 25.4. The maximum absolute atomic E-state index is 12.3. The number of ether oxygens (including phenoxy) is 2. The van der Waals surface area contributed by atoms with Gasteiger partial charge in [-0.1, -0.05) is 27.7 Å². The van der Waals surface area contributed by atoms with Gasteiger partial charge in [-0.3, -0.25) is 9.69 Å². The molecular weight excluding hydrogens is 436 g/mol. The van der Waals surface area contributed by atoms with Gasteiger partial charge in [-0.2, -0.15) is 0 Å². The predicted octanol–water partition coefficient (Wildman–Crippen LogP) is 3.28. The van der Waals surface area contributed by atoms with E-state index in [9.17, 15) is 14.4 Å². The fourth-order valence-electron chi connectivity index (χ4n) is 4.34. The van der Waals surface area contributed by atoms with Gasteiger partial charge in [-0.05, 0) is 43.9 Å². The molecule has 0 bridgehead atoms. The van der Waals surface area contributed by atoms with Crippen LogP contribution < -0.4 is 0 Å². The third-order valence-electron chi connectivity index (χ3n) is 6.70. The first kappa shape index (κ1) is 28.4. The molecule has 196 valence electrons. The molecule has 0 aromatic carbocycles. The van der Waals surface area contributed by atoms with E-state index in [0.717, 1.165) is 45.4 Å². The highest BCUT2D eigenvalue weighted by atomic mass is 16.5. The standard InChI is InChI=1S/C25H46N4O5/c1-7-26-12-13-28(22(26)31)19-24(3,4)10-16-33-14-9-15-34-17-11-25(5,6)20-29-21(30)18-27(8-2)23(29)32/h7-20H2,1-6H3. The van der Waals surface area contributed by atoms with Crippen LogP contribution in [0.15, 0.2) is 0 Å². The summed E-state index contributed by atoms with van der Waals surface area (Å²) in [7, 11) is 0. The van der Waals surface area contributed by atoms with E-state index < -0.39 is 0 Å². The number of carbonyl (C=O) groups is 3. The van der Waals surface area contributed by atoms with Gasteiger partial charge in [0, 0.05) is 65.7 Å². The Morgan fingerprint density at radius 1 is 0.706 bits per heavy atom. The smallest absolute Gasteiger partial charge is 0.327 e. The van der Waals surface area contributed by atoms with Crippen molar-refractivity contribution in [2.75, 3.05) is 72.2 Å². The van der Waals surface area contributed by atoms with Gasteiger partial charge in [0.15, 0.2) is 0 Å². The summed E-state index contributed by atoms with van der Waals surface area (Å²) in [5.74, 6) is -0.115. The number of amides is 5. The van der Waals surface area contributed by atoms with Crippen LogP contribution in [0.3, 0.4) is 0 Å². The largest absolute Gasteiger partial charge is 0.381 e. The number of hydrogen-bond acceptors (Lipinski definition) is 5. The first-order chi connectivity index (χ1) is 16.0. The maximum atomic E-state index is 12.3. The highest BCUT2D eigenvalue weighted by molar-refractivity contribution is 6.02. The lowest BCUT2D eigenvalue weighted by molar-refractivity contribution is -0.126. The fraction of sp³-hybridized carbons (Fsp3) is 0.880. The van der Waals surface area contributed by atoms with Crippen LogP contribution in [0.4, 0.5) is 9.59 Å². The van der Waals surface area contributed by atoms with Gasteiger partial charge in [-0.15, -0.1) is 0 Å². The van der Waals surface area contributed by atoms with Crippen LogP contribution in [0.2, 0.25) is 0 Å². The van der Waals surface area contributed by atoms with Gasteiger partial charge in [-0.25, -0.2) is 9.59 Å². The second-order valence-corrected chi connectivity index (χ2v) is 11.0. The third-order valence-corrected chi connectivity index (χ3v) is 6.70. The van der Waals surface area contributed by atoms with Crippen LogP contribution in [0.5, 0.6) is 0 Å². The van der Waals surface area contributed by atoms with E-state index in [1.807, 2.05) is 23.6 Å². The average Bonchev–Trinajstić information content (AvgIpc) is 3.25. The summed E-state index contributed by atoms with van der Waals surface area (Å²) in [6.45, 7) is 19.3. The highest BCUT2D eigenvalue weighted by Crippen LogP contribution is 2.25. The molecule has 0 aromatic rings. The number of hydrogen-bond donors (Lipinski definition) is 0. The Kier molecular flexibility index (Phi) is 10.6. The Balaban J connectivity index is 1.52. The first-order valence-electron chi connectivity index (χ1n) is 12.8. The second-order valence-electron chi connectivity index (χ2n) is 11.0. The Labute approximate surface area is 205 Å². The van der Waals surface area contributed by atoms with E-state index in [-0.39, 0.29) is 35.3 Å². The number of urea groups is 2. The molecule has 2 aliphatic heterocycles. The number of imide groups is 1. The van der Waals surface area contributed by atoms with Crippen molar-refractivity contribution in [1.29, 1.82) is 0 Å². The number of carbonyl (C=O) groups excluding carboxylic acids is 3. The maximum Gasteiger partial charge on any atom is 0.327 e. The van der Waals surface area contributed by atoms with Gasteiger partial charge in [0.25, 0.3) is 0 Å². The summed E-state index contributed by atoms with van der Waals surface area (Å²) in [5, 5.41) is 0. The van der Waals surface area contributed by atoms with Crippen LogP contribution in [-0.4, -0.2) is 110 Å². The molecule has 0 N–H and O–H groups in total. The SMILES string of the molecule is CCN1CCN(CC(C)(C)CCOCCCOCCC(C)(C)CN2C(=O)CN(CC)C2=O)C1=O. The molecule has 2 heterocycles. The summed E-state index contributed by atoms with van der Waals surface area (Å²) in [5.41, 5.74) is -0.171. The van der Waals surface area contributed by atoms with Crippen molar-refractivity contribution in [1.82, 2.24) is 19.6 Å². The van der Waals surface area contributed by atoms with Gasteiger partial charge in [0.2, 0.25) is 5.91 Å². The van der Waals surface area contributed by atoms with Crippen LogP contribution in [-0.2, 0) is 14.3 Å². The Morgan fingerprint density at radius 2 is 1.24 bits per heavy atom. The van der Waals surface area contributed by atoms with Crippen molar-refractivity contribution in [2.24, 2.45) is 10.8 Å². The normalized spacial score (nSPS) is 17.6. The van der Waals surface area contributed by atoms with Crippen LogP contribution >= 0.6 is 0 Å². The number of rotatable bonds is 16. The summed E-state index contributed by atoms with van der Waals surface area (Å²) < 4.78 is 11.6. The molecule has 5 amide bonds. The second kappa shape index (κ2) is 12.7. The summed E-state index contributed by atoms with van der Waals surface area (Å²) >= 11 is 0. The van der Waals surface area contributed by atoms with Crippen LogP contribution in [0.25, 0.3) is 0 Å². The van der Waals surface area contributed by atoms with Crippen LogP contribution in [0, 0.1) is 10.8 Å². The molecule has 34 heavy (non-hydrogen) atoms. The summed E-state index contributed by atoms with van der Waals surface area (Å²) in [6.07, 6.45) is 2.50. The van der Waals surface area contributed by atoms with Gasteiger partial charge in [0.1, 0.15) is 6.54 Å². The average molecular weight is 483 g/mol. The molecule has 0 aliphatic carbocycles. The molecule has 0 aromatic heterocycles. The minimum absolute atomic E-state index is 0.0216. The van der Waals surface area contributed by atoms with E-state index in [1.165, 1.54) is 4.90 Å². The molecule has 2 saturated heterocycles. The lowest BCUT2D eigenvalue weighted by atomic mass is 9.89. The molecule has 9 heteroatoms. The Bertz CT molecular complexity index is 697. The molecule has 0 unspecified atom stereocenters. The first-order valence-corrected chi connectivity index (χ1v) is 12.8. The Morgan fingerprint density at radius 3 is 1.74 bits per heavy atom. The molecule has 2 rings (SSSR count). The molecule has 2 aliphatic rings. The third kappa shape index (κ3) is 8.41. The van der Waals surface area contributed by atoms with E-state index in [2.05, 4.69) is 27.7 Å². The fourth-order valence-corrected chi connectivity index (χ4v) is 4.34. The predicted molar refractivity (Wildman–Crippen MR) is 132 cm³/mol. The zero-order valence-electron chi connectivity index (χ0n) is 22.2. The van der Waals surface area contributed by atoms with Crippen molar-refractivity contribution in [2.45, 2.75) is 60.8 Å². The van der Waals surface area contributed by atoms with Gasteiger partial charge in [0.05, 0.1) is 0 Å². The molecule has 0 atom stereocenters. The lowest BCUT2D eigenvalue weighted by Crippen LogP contribution is -2.40. The molecule has 9 nitrogen and oxygen atoms in total. The van der Waals surface area contributed by atoms with Crippen molar-refractivity contribution < 1.29 is 23.9 Å². The minimum Gasteiger partial charge on any atom is -0.381 e. The van der Waals surface area contributed by atoms with Gasteiger partial charge >= 0.3 is 12.1 Å². The summed E-state index contributed by atoms with van der Waals surface area (Å²) in [6, 6.07) is -0.0323. The van der Waals surface area contributed by atoms with Gasteiger partial charge < -0.3 is 24.2 Å². The van der Waals surface area contributed by atoms with Crippen molar-refractivity contribution in [3.05, 3.63) is 0 Å². The summed E-state index contributed by atoms with van der Waals surface area (Å²) in [4.78, 5) is 43.5. The van der Waals surface area contributed by atoms with Crippen molar-refractivity contribution in [3.8, 4) is 0 Å². The molecule has 2 fully saturated rings. The van der Waals surface area contributed by atoms with Crippen molar-refractivity contribution >= 4 is 18.0 Å². The number of likely N-dealkylation sites (N-methyl/N-ethyl adjacent to an activating group) is 2. The van der Waals surface area contributed by atoms with Crippen LogP contribution in [0.1, 0.15) is 60.8 Å². The monoisotopic (exact) mass is 482 g/mol. The van der Waals surface area contributed by atoms with Crippen molar-refractivity contribution in [3.63, 3.8) is 0 Å². The quantitative estimate of drug-likeness (QED) is 0.249. The van der Waals surface area contributed by atoms with E-state index in [4.69, 9.17) is 9.47 Å². The number of nitrogens with zero attached hydrogens (tertiary/aromatic N) is 4. The van der Waals surface area contributed by atoms with E-state index >= 15 is 0 Å². The topological polar surface area (TPSA) is 82.6 Å². The molecule has 0 saturated carbocycles. The lowest BCUT2D eigenvalue weighted by Gasteiger charge is -2.30. The highest BCUT2D eigenvalue weighted by Gasteiger charge is 2.38.